The molecule has 0 spiro atoms. The van der Waals surface area contributed by atoms with E-state index in [-0.39, 0.29) is 0 Å². The first-order chi connectivity index (χ1) is 14.1. The highest BCUT2D eigenvalue weighted by atomic mass is 15.3. The number of hydrogen-bond donors (Lipinski definition) is 0. The average Bonchev–Trinajstić information content (AvgIpc) is 3.06. The Labute approximate surface area is 170 Å². The molecule has 3 heterocycles. The summed E-state index contributed by atoms with van der Waals surface area (Å²) in [5, 5.41) is 10.0. The lowest BCUT2D eigenvalue weighted by Gasteiger charge is -2.45. The SMILES string of the molecule is Cc1c(-c2ccccc2)c(N2CC(N(C)C)C2)n2c(nc3ccccc32)c1C#N. The van der Waals surface area contributed by atoms with Gasteiger partial charge in [-0.1, -0.05) is 42.5 Å². The van der Waals surface area contributed by atoms with Crippen LogP contribution in [0.3, 0.4) is 0 Å². The number of nitriles is 1. The van der Waals surface area contributed by atoms with Crippen LogP contribution >= 0.6 is 0 Å². The molecule has 1 fully saturated rings. The van der Waals surface area contributed by atoms with Crippen LogP contribution in [0.4, 0.5) is 5.82 Å². The number of likely N-dealkylation sites (N-methyl/N-ethyl adjacent to an activating group) is 1. The number of fused-ring (bicyclic) bond motifs is 3. The Kier molecular flexibility index (Phi) is 4.04. The van der Waals surface area contributed by atoms with Crippen molar-refractivity contribution in [2.75, 3.05) is 32.1 Å². The summed E-state index contributed by atoms with van der Waals surface area (Å²) in [6.45, 7) is 3.96. The van der Waals surface area contributed by atoms with E-state index < -0.39 is 0 Å². The molecule has 0 N–H and O–H groups in total. The van der Waals surface area contributed by atoms with Gasteiger partial charge in [-0.15, -0.1) is 0 Å². The van der Waals surface area contributed by atoms with Crippen molar-refractivity contribution in [2.24, 2.45) is 0 Å². The number of rotatable bonds is 3. The Morgan fingerprint density at radius 3 is 2.41 bits per heavy atom. The molecule has 0 radical (unpaired) electrons. The third kappa shape index (κ3) is 2.60. The van der Waals surface area contributed by atoms with Crippen LogP contribution in [0, 0.1) is 18.3 Å². The minimum absolute atomic E-state index is 0.527. The topological polar surface area (TPSA) is 47.6 Å². The van der Waals surface area contributed by atoms with E-state index in [1.54, 1.807) is 0 Å². The quantitative estimate of drug-likeness (QED) is 0.536. The Balaban J connectivity index is 1.89. The number of imidazole rings is 1. The van der Waals surface area contributed by atoms with Gasteiger partial charge in [0.15, 0.2) is 5.65 Å². The minimum atomic E-state index is 0.527. The van der Waals surface area contributed by atoms with Crippen molar-refractivity contribution in [1.29, 1.82) is 5.26 Å². The largest absolute Gasteiger partial charge is 0.354 e. The summed E-state index contributed by atoms with van der Waals surface area (Å²) >= 11 is 0. The van der Waals surface area contributed by atoms with E-state index in [4.69, 9.17) is 4.98 Å². The number of benzene rings is 2. The van der Waals surface area contributed by atoms with Crippen LogP contribution in [0.2, 0.25) is 0 Å². The average molecular weight is 381 g/mol. The predicted octanol–water partition coefficient (Wildman–Crippen LogP) is 4.08. The van der Waals surface area contributed by atoms with E-state index in [1.165, 1.54) is 0 Å². The lowest BCUT2D eigenvalue weighted by molar-refractivity contribution is 0.246. The number of aromatic nitrogens is 2. The molecule has 4 aromatic rings. The van der Waals surface area contributed by atoms with Gasteiger partial charge in [-0.05, 0) is 44.3 Å². The van der Waals surface area contributed by atoms with Crippen molar-refractivity contribution in [3.05, 3.63) is 65.7 Å². The second-order valence-electron chi connectivity index (χ2n) is 7.96. The molecule has 0 atom stereocenters. The number of para-hydroxylation sites is 2. The lowest BCUT2D eigenvalue weighted by atomic mass is 9.95. The van der Waals surface area contributed by atoms with E-state index >= 15 is 0 Å². The minimum Gasteiger partial charge on any atom is -0.354 e. The van der Waals surface area contributed by atoms with Gasteiger partial charge in [-0.2, -0.15) is 5.26 Å². The summed E-state index contributed by atoms with van der Waals surface area (Å²) in [7, 11) is 4.26. The van der Waals surface area contributed by atoms with E-state index in [0.717, 1.165) is 52.3 Å². The van der Waals surface area contributed by atoms with Gasteiger partial charge in [0.25, 0.3) is 0 Å². The number of pyridine rings is 1. The molecule has 0 saturated carbocycles. The van der Waals surface area contributed by atoms with Gasteiger partial charge >= 0.3 is 0 Å². The maximum absolute atomic E-state index is 10.0. The first kappa shape index (κ1) is 17.7. The molecule has 2 aromatic heterocycles. The molecular formula is C24H23N5. The Bertz CT molecular complexity index is 1260. The smallest absolute Gasteiger partial charge is 0.157 e. The van der Waals surface area contributed by atoms with Gasteiger partial charge in [0, 0.05) is 24.7 Å². The van der Waals surface area contributed by atoms with Crippen LogP contribution in [-0.4, -0.2) is 47.5 Å². The molecule has 1 aliphatic heterocycles. The fourth-order valence-electron chi connectivity index (χ4n) is 4.32. The molecule has 2 aromatic carbocycles. The van der Waals surface area contributed by atoms with Crippen LogP contribution < -0.4 is 4.90 Å². The second-order valence-corrected chi connectivity index (χ2v) is 7.96. The van der Waals surface area contributed by atoms with Gasteiger partial charge in [0.1, 0.15) is 11.9 Å². The maximum atomic E-state index is 10.0. The van der Waals surface area contributed by atoms with Gasteiger partial charge in [-0.25, -0.2) is 4.98 Å². The fraction of sp³-hybridized carbons (Fsp3) is 0.250. The molecule has 144 valence electrons. The summed E-state index contributed by atoms with van der Waals surface area (Å²) in [5.74, 6) is 1.13. The third-order valence-corrected chi connectivity index (χ3v) is 6.04. The lowest BCUT2D eigenvalue weighted by Crippen LogP contribution is -2.58. The van der Waals surface area contributed by atoms with Crippen LogP contribution in [0.5, 0.6) is 0 Å². The highest BCUT2D eigenvalue weighted by Crippen LogP contribution is 2.41. The summed E-state index contributed by atoms with van der Waals surface area (Å²) in [5.41, 5.74) is 6.59. The second kappa shape index (κ2) is 6.61. The highest BCUT2D eigenvalue weighted by molar-refractivity contribution is 5.92. The molecule has 5 rings (SSSR count). The van der Waals surface area contributed by atoms with Crippen molar-refractivity contribution in [3.8, 4) is 17.2 Å². The van der Waals surface area contributed by atoms with Gasteiger partial charge < -0.3 is 9.80 Å². The van der Waals surface area contributed by atoms with E-state index in [0.29, 0.717) is 11.6 Å². The Morgan fingerprint density at radius 2 is 1.72 bits per heavy atom. The fourth-order valence-corrected chi connectivity index (χ4v) is 4.32. The van der Waals surface area contributed by atoms with E-state index in [1.807, 2.05) is 31.2 Å². The van der Waals surface area contributed by atoms with Crippen molar-refractivity contribution >= 4 is 22.5 Å². The molecule has 5 nitrogen and oxygen atoms in total. The molecular weight excluding hydrogens is 358 g/mol. The van der Waals surface area contributed by atoms with Gasteiger partial charge in [-0.3, -0.25) is 4.40 Å². The summed E-state index contributed by atoms with van der Waals surface area (Å²) in [4.78, 5) is 9.54. The molecule has 0 aliphatic carbocycles. The van der Waals surface area contributed by atoms with E-state index in [9.17, 15) is 5.26 Å². The normalized spacial score (nSPS) is 14.5. The summed E-state index contributed by atoms with van der Waals surface area (Å²) in [6, 6.07) is 21.5. The van der Waals surface area contributed by atoms with Gasteiger partial charge in [0.2, 0.25) is 0 Å². The van der Waals surface area contributed by atoms with Crippen LogP contribution in [0.15, 0.2) is 54.6 Å². The standard InChI is InChI=1S/C24H23N5/c1-16-19(13-25)23-26-20-11-7-8-12-21(20)29(23)24(28-14-18(15-28)27(2)3)22(16)17-9-5-4-6-10-17/h4-12,18H,14-15H2,1-3H3. The first-order valence-electron chi connectivity index (χ1n) is 9.90. The summed E-state index contributed by atoms with van der Waals surface area (Å²) < 4.78 is 2.19. The summed E-state index contributed by atoms with van der Waals surface area (Å²) in [6.07, 6.45) is 0. The zero-order chi connectivity index (χ0) is 20.1. The third-order valence-electron chi connectivity index (χ3n) is 6.04. The zero-order valence-electron chi connectivity index (χ0n) is 16.9. The number of nitrogens with zero attached hydrogens (tertiary/aromatic N) is 5. The molecule has 0 unspecified atom stereocenters. The van der Waals surface area contributed by atoms with Crippen LogP contribution in [0.1, 0.15) is 11.1 Å². The Morgan fingerprint density at radius 1 is 1.03 bits per heavy atom. The molecule has 29 heavy (non-hydrogen) atoms. The highest BCUT2D eigenvalue weighted by Gasteiger charge is 2.34. The number of hydrogen-bond acceptors (Lipinski definition) is 4. The van der Waals surface area contributed by atoms with Crippen molar-refractivity contribution in [3.63, 3.8) is 0 Å². The number of anilines is 1. The maximum Gasteiger partial charge on any atom is 0.157 e. The van der Waals surface area contributed by atoms with Crippen molar-refractivity contribution < 1.29 is 0 Å². The van der Waals surface area contributed by atoms with Gasteiger partial charge in [0.05, 0.1) is 16.6 Å². The van der Waals surface area contributed by atoms with Crippen molar-refractivity contribution in [2.45, 2.75) is 13.0 Å². The van der Waals surface area contributed by atoms with Crippen molar-refractivity contribution in [1.82, 2.24) is 14.3 Å². The Hall–Kier alpha value is -3.36. The van der Waals surface area contributed by atoms with Crippen LogP contribution in [-0.2, 0) is 0 Å². The zero-order valence-corrected chi connectivity index (χ0v) is 16.9. The van der Waals surface area contributed by atoms with Crippen LogP contribution in [0.25, 0.3) is 27.8 Å². The molecule has 1 aliphatic rings. The van der Waals surface area contributed by atoms with E-state index in [2.05, 4.69) is 64.7 Å². The molecule has 1 saturated heterocycles. The molecule has 0 bridgehead atoms. The molecule has 0 amide bonds. The monoisotopic (exact) mass is 381 g/mol. The molecule has 5 heteroatoms. The predicted molar refractivity (Wildman–Crippen MR) is 117 cm³/mol. The first-order valence-corrected chi connectivity index (χ1v) is 9.90.